The number of hydrogen-bond donors (Lipinski definition) is 4. The van der Waals surface area contributed by atoms with Crippen LogP contribution in [-0.2, 0) is 6.42 Å². The smallest absolute Gasteiger partial charge is 0.253 e. The van der Waals surface area contributed by atoms with Crippen molar-refractivity contribution in [1.29, 1.82) is 0 Å². The van der Waals surface area contributed by atoms with Gasteiger partial charge in [0.05, 0.1) is 11.6 Å². The number of H-pyrrole nitrogens is 1. The summed E-state index contributed by atoms with van der Waals surface area (Å²) in [4.78, 5) is 31.8. The molecule has 2 aliphatic heterocycles. The summed E-state index contributed by atoms with van der Waals surface area (Å²) < 4.78 is 0. The largest absolute Gasteiger partial charge is 0.506 e. The monoisotopic (exact) mass is 518 g/mol. The van der Waals surface area contributed by atoms with Crippen molar-refractivity contribution in [3.63, 3.8) is 0 Å². The zero-order valence-electron chi connectivity index (χ0n) is 22.1. The van der Waals surface area contributed by atoms with Crippen LogP contribution < -0.4 is 10.9 Å². The van der Waals surface area contributed by atoms with E-state index in [1.165, 1.54) is 31.5 Å². The van der Waals surface area contributed by atoms with E-state index >= 15 is 0 Å². The highest BCUT2D eigenvalue weighted by atomic mass is 16.3. The molecule has 0 radical (unpaired) electrons. The molecule has 1 spiro atoms. The molecular formula is C30H38N4O4. The minimum absolute atomic E-state index is 0.0233. The minimum Gasteiger partial charge on any atom is -0.506 e. The van der Waals surface area contributed by atoms with Crippen LogP contribution in [-0.4, -0.2) is 77.2 Å². The fourth-order valence-electron chi connectivity index (χ4n) is 6.17. The van der Waals surface area contributed by atoms with Gasteiger partial charge in [-0.2, -0.15) is 0 Å². The van der Waals surface area contributed by atoms with E-state index in [0.717, 1.165) is 50.0 Å². The average molecular weight is 519 g/mol. The number of aromatic hydroxyl groups is 1. The van der Waals surface area contributed by atoms with Crippen molar-refractivity contribution < 1.29 is 15.0 Å². The van der Waals surface area contributed by atoms with Gasteiger partial charge in [-0.15, -0.1) is 0 Å². The summed E-state index contributed by atoms with van der Waals surface area (Å²) in [6.45, 7) is 5.02. The number of nitrogens with one attached hydrogen (secondary N) is 2. The number of carbonyl (C=O) groups is 1. The molecule has 3 aromatic rings. The van der Waals surface area contributed by atoms with Gasteiger partial charge >= 0.3 is 0 Å². The van der Waals surface area contributed by atoms with Crippen LogP contribution in [0.3, 0.4) is 0 Å². The van der Waals surface area contributed by atoms with Crippen LogP contribution in [0.2, 0.25) is 0 Å². The number of likely N-dealkylation sites (tertiary alicyclic amines) is 2. The molecule has 2 saturated heterocycles. The number of fused-ring (bicyclic) bond motifs is 1. The predicted molar refractivity (Wildman–Crippen MR) is 149 cm³/mol. The molecule has 1 amide bonds. The van der Waals surface area contributed by atoms with E-state index in [4.69, 9.17) is 0 Å². The molecule has 0 bridgehead atoms. The van der Waals surface area contributed by atoms with E-state index in [0.29, 0.717) is 35.0 Å². The van der Waals surface area contributed by atoms with Crippen LogP contribution >= 0.6 is 0 Å². The number of carbonyl (C=O) groups excluding carboxylic acids is 1. The topological polar surface area (TPSA) is 109 Å². The first kappa shape index (κ1) is 26.4. The lowest BCUT2D eigenvalue weighted by molar-refractivity contribution is 0.0297. The Balaban J connectivity index is 1.10. The maximum absolute atomic E-state index is 13.1. The first-order valence-corrected chi connectivity index (χ1v) is 13.6. The molecule has 1 unspecified atom stereocenters. The van der Waals surface area contributed by atoms with Gasteiger partial charge in [0.1, 0.15) is 5.75 Å². The van der Waals surface area contributed by atoms with Crippen molar-refractivity contribution in [1.82, 2.24) is 20.1 Å². The molecule has 5 rings (SSSR count). The van der Waals surface area contributed by atoms with E-state index in [1.54, 1.807) is 12.1 Å². The Bertz CT molecular complexity index is 1330. The van der Waals surface area contributed by atoms with Crippen molar-refractivity contribution in [3.8, 4) is 5.75 Å². The molecule has 0 aliphatic carbocycles. The van der Waals surface area contributed by atoms with E-state index < -0.39 is 6.10 Å². The van der Waals surface area contributed by atoms with E-state index in [1.807, 2.05) is 29.2 Å². The van der Waals surface area contributed by atoms with Crippen molar-refractivity contribution in [3.05, 3.63) is 75.6 Å². The first-order valence-electron chi connectivity index (χ1n) is 13.6. The van der Waals surface area contributed by atoms with Crippen molar-refractivity contribution in [2.45, 2.75) is 38.2 Å². The quantitative estimate of drug-likeness (QED) is 0.358. The maximum atomic E-state index is 13.1. The van der Waals surface area contributed by atoms with Gasteiger partial charge in [0.25, 0.3) is 5.91 Å². The van der Waals surface area contributed by atoms with Gasteiger partial charge < -0.3 is 30.3 Å². The fourth-order valence-corrected chi connectivity index (χ4v) is 6.17. The van der Waals surface area contributed by atoms with E-state index in [-0.39, 0.29) is 17.2 Å². The summed E-state index contributed by atoms with van der Waals surface area (Å²) in [5.41, 5.74) is 2.92. The number of phenolic OH excluding ortho intramolecular Hbond substituents is 1. The molecule has 0 saturated carbocycles. The lowest BCUT2D eigenvalue weighted by Crippen LogP contribution is -2.49. The Kier molecular flexibility index (Phi) is 7.83. The highest BCUT2D eigenvalue weighted by Gasteiger charge is 2.38. The van der Waals surface area contributed by atoms with Gasteiger partial charge in [-0.05, 0) is 93.0 Å². The Morgan fingerprint density at radius 1 is 1.05 bits per heavy atom. The molecule has 202 valence electrons. The number of aliphatic hydroxyl groups excluding tert-OH is 1. The summed E-state index contributed by atoms with van der Waals surface area (Å²) in [6, 6.07) is 14.0. The lowest BCUT2D eigenvalue weighted by Gasteiger charge is -2.47. The van der Waals surface area contributed by atoms with Gasteiger partial charge in [0, 0.05) is 43.2 Å². The summed E-state index contributed by atoms with van der Waals surface area (Å²) in [6.07, 6.45) is 4.71. The zero-order chi connectivity index (χ0) is 26.7. The molecule has 8 heteroatoms. The van der Waals surface area contributed by atoms with E-state index in [9.17, 15) is 19.8 Å². The van der Waals surface area contributed by atoms with E-state index in [2.05, 4.69) is 22.2 Å². The Morgan fingerprint density at radius 2 is 1.82 bits per heavy atom. The molecule has 3 heterocycles. The molecule has 1 atom stereocenters. The Morgan fingerprint density at radius 3 is 2.55 bits per heavy atom. The molecule has 2 aliphatic rings. The second-order valence-corrected chi connectivity index (χ2v) is 11.1. The number of rotatable bonds is 7. The average Bonchev–Trinajstić information content (AvgIpc) is 2.92. The highest BCUT2D eigenvalue weighted by Crippen LogP contribution is 2.39. The summed E-state index contributed by atoms with van der Waals surface area (Å²) in [5.74, 6) is 0.101. The van der Waals surface area contributed by atoms with Gasteiger partial charge in [-0.25, -0.2) is 0 Å². The van der Waals surface area contributed by atoms with Gasteiger partial charge in [-0.1, -0.05) is 18.2 Å². The van der Waals surface area contributed by atoms with Crippen LogP contribution in [0.25, 0.3) is 10.9 Å². The summed E-state index contributed by atoms with van der Waals surface area (Å²) >= 11 is 0. The number of nitrogens with zero attached hydrogens (tertiary/aromatic N) is 2. The molecule has 4 N–H and O–H groups in total. The molecule has 2 fully saturated rings. The number of aliphatic hydroxyl groups is 1. The third kappa shape index (κ3) is 5.77. The highest BCUT2D eigenvalue weighted by molar-refractivity contribution is 5.94. The lowest BCUT2D eigenvalue weighted by atomic mass is 9.72. The number of piperidine rings is 2. The maximum Gasteiger partial charge on any atom is 0.253 e. The Hall–Kier alpha value is -3.20. The number of amides is 1. The van der Waals surface area contributed by atoms with Crippen molar-refractivity contribution in [2.75, 3.05) is 46.3 Å². The van der Waals surface area contributed by atoms with Crippen LogP contribution in [0.4, 0.5) is 0 Å². The first-order chi connectivity index (χ1) is 18.3. The van der Waals surface area contributed by atoms with Crippen molar-refractivity contribution in [2.24, 2.45) is 5.41 Å². The van der Waals surface area contributed by atoms with Gasteiger partial charge in [0.2, 0.25) is 5.56 Å². The van der Waals surface area contributed by atoms with Crippen LogP contribution in [0, 0.1) is 5.41 Å². The van der Waals surface area contributed by atoms with Crippen LogP contribution in [0.1, 0.15) is 53.3 Å². The number of pyridine rings is 1. The predicted octanol–water partition coefficient (Wildman–Crippen LogP) is 3.05. The molecule has 8 nitrogen and oxygen atoms in total. The third-order valence-corrected chi connectivity index (χ3v) is 8.36. The second kappa shape index (κ2) is 11.3. The van der Waals surface area contributed by atoms with Crippen LogP contribution in [0.15, 0.2) is 53.3 Å². The minimum atomic E-state index is -0.790. The van der Waals surface area contributed by atoms with Gasteiger partial charge in [0.15, 0.2) is 0 Å². The van der Waals surface area contributed by atoms with Crippen molar-refractivity contribution >= 4 is 16.8 Å². The molecule has 2 aromatic carbocycles. The summed E-state index contributed by atoms with van der Waals surface area (Å²) in [7, 11) is 2.21. The number of benzene rings is 2. The van der Waals surface area contributed by atoms with Gasteiger partial charge in [-0.3, -0.25) is 9.59 Å². The number of hydrogen-bond acceptors (Lipinski definition) is 6. The molecular weight excluding hydrogens is 480 g/mol. The number of phenols is 1. The SMILES string of the molecule is CN1CCCC2(CCN(C(=O)c3ccc(CCNCC(O)c4ccc(O)c5[nH]c(=O)ccc45)cc3)CC2)C1. The second-order valence-electron chi connectivity index (χ2n) is 11.1. The standard InChI is InChI=1S/C30H38N4O4/c1-33-16-2-12-30(20-33)13-17-34(18-14-30)29(38)22-5-3-21(4-6-22)11-15-31-19-26(36)23-7-9-25(35)28-24(23)8-10-27(37)32-28/h3-10,26,31,35-36H,2,11-20H2,1H3,(H,32,37). The van der Waals surface area contributed by atoms with Crippen LogP contribution in [0.5, 0.6) is 5.75 Å². The normalized spacial score (nSPS) is 18.6. The third-order valence-electron chi connectivity index (χ3n) is 8.36. The summed E-state index contributed by atoms with van der Waals surface area (Å²) in [5, 5.41) is 24.6. The molecule has 38 heavy (non-hydrogen) atoms. The number of aromatic amines is 1. The molecule has 1 aromatic heterocycles. The fraction of sp³-hybridized carbons (Fsp3) is 0.467. The Labute approximate surface area is 223 Å². The zero-order valence-corrected chi connectivity index (χ0v) is 22.1. The number of aromatic nitrogens is 1.